The van der Waals surface area contributed by atoms with E-state index in [1.165, 1.54) is 0 Å². The molecule has 94 valence electrons. The second-order valence-corrected chi connectivity index (χ2v) is 4.23. The van der Waals surface area contributed by atoms with E-state index in [1.54, 1.807) is 6.20 Å². The average molecular weight is 245 g/mol. The lowest BCUT2D eigenvalue weighted by atomic mass is 10.2. The maximum absolute atomic E-state index is 5.79. The third-order valence-corrected chi connectivity index (χ3v) is 2.94. The van der Waals surface area contributed by atoms with Crippen molar-refractivity contribution >= 4 is 10.9 Å². The number of morpholine rings is 1. The number of aromatic nitrogens is 2. The molecule has 5 nitrogen and oxygen atoms in total. The van der Waals surface area contributed by atoms with Gasteiger partial charge in [0.1, 0.15) is 18.5 Å². The first-order chi connectivity index (χ1) is 8.93. The monoisotopic (exact) mass is 245 g/mol. The lowest BCUT2D eigenvalue weighted by Crippen LogP contribution is -2.41. The topological polar surface area (TPSA) is 56.3 Å². The Morgan fingerprint density at radius 1 is 1.39 bits per heavy atom. The molecule has 1 aromatic carbocycles. The molecule has 0 amide bonds. The number of hydrogen-bond donors (Lipinski definition) is 1. The molecule has 0 aliphatic carbocycles. The first kappa shape index (κ1) is 11.4. The summed E-state index contributed by atoms with van der Waals surface area (Å²) in [5.41, 5.74) is 0.845. The molecule has 3 rings (SSSR count). The van der Waals surface area contributed by atoms with Crippen molar-refractivity contribution in [3.63, 3.8) is 0 Å². The van der Waals surface area contributed by atoms with Crippen molar-refractivity contribution in [2.45, 2.75) is 6.10 Å². The fourth-order valence-corrected chi connectivity index (χ4v) is 2.01. The summed E-state index contributed by atoms with van der Waals surface area (Å²) in [7, 11) is 0. The van der Waals surface area contributed by atoms with E-state index in [-0.39, 0.29) is 6.10 Å². The van der Waals surface area contributed by atoms with Gasteiger partial charge in [-0.05, 0) is 12.1 Å². The van der Waals surface area contributed by atoms with Gasteiger partial charge in [-0.25, -0.2) is 0 Å². The highest BCUT2D eigenvalue weighted by atomic mass is 16.5. The first-order valence-corrected chi connectivity index (χ1v) is 6.09. The summed E-state index contributed by atoms with van der Waals surface area (Å²) in [4.78, 5) is 0. The fourth-order valence-electron chi connectivity index (χ4n) is 2.01. The number of fused-ring (bicyclic) bond motifs is 1. The molecular weight excluding hydrogens is 230 g/mol. The maximum Gasteiger partial charge on any atom is 0.149 e. The highest BCUT2D eigenvalue weighted by molar-refractivity contribution is 5.83. The van der Waals surface area contributed by atoms with E-state index in [4.69, 9.17) is 9.47 Å². The molecule has 1 saturated heterocycles. The van der Waals surface area contributed by atoms with Crippen LogP contribution in [0.15, 0.2) is 30.5 Å². The molecule has 18 heavy (non-hydrogen) atoms. The summed E-state index contributed by atoms with van der Waals surface area (Å²) < 4.78 is 11.4. The van der Waals surface area contributed by atoms with E-state index in [1.807, 2.05) is 24.3 Å². The summed E-state index contributed by atoms with van der Waals surface area (Å²) in [6.07, 6.45) is 1.75. The van der Waals surface area contributed by atoms with Crippen LogP contribution in [0.3, 0.4) is 0 Å². The van der Waals surface area contributed by atoms with E-state index < -0.39 is 0 Å². The number of nitrogens with zero attached hydrogens (tertiary/aromatic N) is 2. The zero-order valence-corrected chi connectivity index (χ0v) is 10.0. The molecule has 1 atom stereocenters. The average Bonchev–Trinajstić information content (AvgIpc) is 2.46. The number of benzene rings is 1. The van der Waals surface area contributed by atoms with Gasteiger partial charge in [0.2, 0.25) is 0 Å². The summed E-state index contributed by atoms with van der Waals surface area (Å²) in [6.45, 7) is 3.01. The molecular formula is C13H15N3O2. The number of hydrogen-bond acceptors (Lipinski definition) is 5. The Morgan fingerprint density at radius 2 is 2.33 bits per heavy atom. The minimum atomic E-state index is 0.102. The minimum Gasteiger partial charge on any atom is -0.488 e. The molecule has 1 aromatic heterocycles. The van der Waals surface area contributed by atoms with Crippen LogP contribution in [0.5, 0.6) is 5.75 Å². The van der Waals surface area contributed by atoms with Gasteiger partial charge in [-0.15, -0.1) is 0 Å². The molecule has 0 spiro atoms. The Balaban J connectivity index is 1.74. The molecule has 1 unspecified atom stereocenters. The van der Waals surface area contributed by atoms with Gasteiger partial charge in [0.15, 0.2) is 0 Å². The molecule has 0 saturated carbocycles. The normalized spacial score (nSPS) is 19.9. The maximum atomic E-state index is 5.79. The van der Waals surface area contributed by atoms with Crippen LogP contribution < -0.4 is 10.1 Å². The predicted octanol–water partition coefficient (Wildman–Crippen LogP) is 0.997. The van der Waals surface area contributed by atoms with Crippen LogP contribution in [0.1, 0.15) is 0 Å². The van der Waals surface area contributed by atoms with E-state index >= 15 is 0 Å². The predicted molar refractivity (Wildman–Crippen MR) is 67.6 cm³/mol. The second kappa shape index (κ2) is 5.29. The number of ether oxygens (including phenoxy) is 2. The van der Waals surface area contributed by atoms with E-state index in [2.05, 4.69) is 15.5 Å². The number of nitrogens with one attached hydrogen (secondary N) is 1. The van der Waals surface area contributed by atoms with Gasteiger partial charge in [0.05, 0.1) is 18.3 Å². The van der Waals surface area contributed by atoms with Gasteiger partial charge in [0, 0.05) is 18.5 Å². The standard InChI is InChI=1S/C13H15N3O2/c1-2-4-12-11(3-1)13(8-15-16-12)18-9-10-7-14-5-6-17-10/h1-4,8,10,14H,5-7,9H2. The highest BCUT2D eigenvalue weighted by Crippen LogP contribution is 2.22. The summed E-state index contributed by atoms with van der Waals surface area (Å²) in [5.74, 6) is 0.759. The second-order valence-electron chi connectivity index (χ2n) is 4.23. The van der Waals surface area contributed by atoms with E-state index in [0.29, 0.717) is 6.61 Å². The molecule has 1 aliphatic rings. The van der Waals surface area contributed by atoms with Gasteiger partial charge in [-0.1, -0.05) is 12.1 Å². The Bertz CT molecular complexity index is 521. The van der Waals surface area contributed by atoms with Crippen molar-refractivity contribution in [1.29, 1.82) is 0 Å². The van der Waals surface area contributed by atoms with Crippen LogP contribution in [-0.4, -0.2) is 42.6 Å². The van der Waals surface area contributed by atoms with Gasteiger partial charge < -0.3 is 14.8 Å². The fraction of sp³-hybridized carbons (Fsp3) is 0.385. The van der Waals surface area contributed by atoms with Crippen LogP contribution in [0.25, 0.3) is 10.9 Å². The van der Waals surface area contributed by atoms with Crippen LogP contribution in [-0.2, 0) is 4.74 Å². The molecule has 5 heteroatoms. The third kappa shape index (κ3) is 2.42. The molecule has 0 radical (unpaired) electrons. The zero-order valence-electron chi connectivity index (χ0n) is 10.0. The quantitative estimate of drug-likeness (QED) is 0.874. The Labute approximate surface area is 105 Å². The number of rotatable bonds is 3. The molecule has 2 aromatic rings. The van der Waals surface area contributed by atoms with Crippen molar-refractivity contribution in [1.82, 2.24) is 15.5 Å². The van der Waals surface area contributed by atoms with Crippen molar-refractivity contribution in [3.8, 4) is 5.75 Å². The summed E-state index contributed by atoms with van der Waals surface area (Å²) in [6, 6.07) is 7.82. The van der Waals surface area contributed by atoms with Crippen LogP contribution in [0.4, 0.5) is 0 Å². The Morgan fingerprint density at radius 3 is 3.22 bits per heavy atom. The lowest BCUT2D eigenvalue weighted by Gasteiger charge is -2.23. The van der Waals surface area contributed by atoms with Crippen LogP contribution in [0.2, 0.25) is 0 Å². The first-order valence-electron chi connectivity index (χ1n) is 6.09. The van der Waals surface area contributed by atoms with Crippen molar-refractivity contribution < 1.29 is 9.47 Å². The molecule has 1 N–H and O–H groups in total. The SMILES string of the molecule is c1ccc2c(OCC3CNCCO3)cnnc2c1. The molecule has 1 fully saturated rings. The summed E-state index contributed by atoms with van der Waals surface area (Å²) >= 11 is 0. The van der Waals surface area contributed by atoms with Gasteiger partial charge in [-0.2, -0.15) is 10.2 Å². The van der Waals surface area contributed by atoms with E-state index in [9.17, 15) is 0 Å². The molecule has 2 heterocycles. The Kier molecular flexibility index (Phi) is 3.34. The van der Waals surface area contributed by atoms with Gasteiger partial charge in [0.25, 0.3) is 0 Å². The lowest BCUT2D eigenvalue weighted by molar-refractivity contribution is 0.000427. The van der Waals surface area contributed by atoms with Crippen molar-refractivity contribution in [3.05, 3.63) is 30.5 Å². The van der Waals surface area contributed by atoms with Crippen molar-refractivity contribution in [2.75, 3.05) is 26.3 Å². The minimum absolute atomic E-state index is 0.102. The molecule has 1 aliphatic heterocycles. The largest absolute Gasteiger partial charge is 0.488 e. The molecule has 0 bridgehead atoms. The van der Waals surface area contributed by atoms with E-state index in [0.717, 1.165) is 36.3 Å². The Hall–Kier alpha value is -1.72. The highest BCUT2D eigenvalue weighted by Gasteiger charge is 2.14. The van der Waals surface area contributed by atoms with Crippen LogP contribution in [0, 0.1) is 0 Å². The van der Waals surface area contributed by atoms with Crippen molar-refractivity contribution in [2.24, 2.45) is 0 Å². The van der Waals surface area contributed by atoms with Crippen LogP contribution >= 0.6 is 0 Å². The third-order valence-electron chi connectivity index (χ3n) is 2.94. The summed E-state index contributed by atoms with van der Waals surface area (Å²) in [5, 5.41) is 12.3. The zero-order chi connectivity index (χ0) is 12.2. The van der Waals surface area contributed by atoms with Gasteiger partial charge >= 0.3 is 0 Å². The van der Waals surface area contributed by atoms with Gasteiger partial charge in [-0.3, -0.25) is 0 Å². The smallest absolute Gasteiger partial charge is 0.149 e.